The van der Waals surface area contributed by atoms with E-state index >= 15 is 0 Å². The summed E-state index contributed by atoms with van der Waals surface area (Å²) in [5.41, 5.74) is -0.912. The van der Waals surface area contributed by atoms with Gasteiger partial charge in [0.15, 0.2) is 0 Å². The summed E-state index contributed by atoms with van der Waals surface area (Å²) in [6.45, 7) is 2.21. The lowest BCUT2D eigenvalue weighted by Crippen LogP contribution is -2.34. The molecule has 1 aliphatic heterocycles. The van der Waals surface area contributed by atoms with E-state index in [1.54, 1.807) is 0 Å². The van der Waals surface area contributed by atoms with Gasteiger partial charge in [-0.25, -0.2) is 13.2 Å². The Hall–Kier alpha value is -1.97. The molecule has 1 saturated heterocycles. The van der Waals surface area contributed by atoms with E-state index in [2.05, 4.69) is 15.3 Å². The van der Waals surface area contributed by atoms with Gasteiger partial charge in [-0.3, -0.25) is 9.78 Å². The first-order chi connectivity index (χ1) is 10.5. The van der Waals surface area contributed by atoms with E-state index in [4.69, 9.17) is 0 Å². The Bertz CT molecular complexity index is 908. The largest absolute Gasteiger partial charge is 0.326 e. The first kappa shape index (κ1) is 14.9. The standard InChI is InChI=1S/C13H16N4O4S/c18-12-10-8-9(2-3-11(10)15-13(19)16-12)22(20,21)17-6-1-4-14-5-7-17/h2-3,8,14H,1,4-7H2,(H2,15,16,18,19). The minimum absolute atomic E-state index is 0.0550. The molecule has 1 aromatic carbocycles. The molecule has 3 N–H and O–H groups in total. The molecule has 0 bridgehead atoms. The summed E-state index contributed by atoms with van der Waals surface area (Å²) in [4.78, 5) is 27.7. The number of aromatic nitrogens is 2. The van der Waals surface area contributed by atoms with Crippen LogP contribution < -0.4 is 16.6 Å². The Labute approximate surface area is 126 Å². The number of benzene rings is 1. The van der Waals surface area contributed by atoms with Crippen LogP contribution in [0.2, 0.25) is 0 Å². The molecule has 0 aliphatic carbocycles. The van der Waals surface area contributed by atoms with Gasteiger partial charge in [-0.05, 0) is 31.2 Å². The number of H-pyrrole nitrogens is 2. The summed E-state index contributed by atoms with van der Waals surface area (Å²) in [5.74, 6) is 0. The van der Waals surface area contributed by atoms with Gasteiger partial charge in [0.2, 0.25) is 10.0 Å². The lowest BCUT2D eigenvalue weighted by molar-refractivity contribution is 0.432. The van der Waals surface area contributed by atoms with Gasteiger partial charge in [0.1, 0.15) is 0 Å². The normalized spacial score (nSPS) is 17.5. The average molecular weight is 324 g/mol. The second kappa shape index (κ2) is 5.67. The van der Waals surface area contributed by atoms with Crippen molar-refractivity contribution in [3.05, 3.63) is 39.0 Å². The van der Waals surface area contributed by atoms with Gasteiger partial charge in [0.05, 0.1) is 15.8 Å². The molecule has 0 radical (unpaired) electrons. The fourth-order valence-corrected chi connectivity index (χ4v) is 4.02. The van der Waals surface area contributed by atoms with Gasteiger partial charge in [-0.15, -0.1) is 0 Å². The number of nitrogens with one attached hydrogen (secondary N) is 3. The minimum atomic E-state index is -3.66. The van der Waals surface area contributed by atoms with Crippen LogP contribution >= 0.6 is 0 Å². The molecule has 0 atom stereocenters. The minimum Gasteiger partial charge on any atom is -0.315 e. The van der Waals surface area contributed by atoms with E-state index < -0.39 is 21.3 Å². The molecule has 0 amide bonds. The van der Waals surface area contributed by atoms with Gasteiger partial charge >= 0.3 is 5.69 Å². The highest BCUT2D eigenvalue weighted by Gasteiger charge is 2.25. The van der Waals surface area contributed by atoms with E-state index in [9.17, 15) is 18.0 Å². The number of aromatic amines is 2. The summed E-state index contributed by atoms with van der Waals surface area (Å²) in [6, 6.07) is 4.15. The fourth-order valence-electron chi connectivity index (χ4n) is 2.52. The third kappa shape index (κ3) is 2.70. The highest BCUT2D eigenvalue weighted by molar-refractivity contribution is 7.89. The number of nitrogens with zero attached hydrogens (tertiary/aromatic N) is 1. The number of rotatable bonds is 2. The van der Waals surface area contributed by atoms with Crippen molar-refractivity contribution in [3.63, 3.8) is 0 Å². The topological polar surface area (TPSA) is 115 Å². The van der Waals surface area contributed by atoms with E-state index in [1.165, 1.54) is 22.5 Å². The quantitative estimate of drug-likeness (QED) is 0.669. The highest BCUT2D eigenvalue weighted by atomic mass is 32.2. The van der Waals surface area contributed by atoms with E-state index in [0.29, 0.717) is 25.2 Å². The lowest BCUT2D eigenvalue weighted by atomic mass is 10.2. The maximum absolute atomic E-state index is 12.7. The first-order valence-corrected chi connectivity index (χ1v) is 8.40. The zero-order chi connectivity index (χ0) is 15.7. The molecular weight excluding hydrogens is 308 g/mol. The monoisotopic (exact) mass is 324 g/mol. The molecule has 3 rings (SSSR count). The molecule has 118 valence electrons. The van der Waals surface area contributed by atoms with E-state index in [-0.39, 0.29) is 10.3 Å². The summed E-state index contributed by atoms with van der Waals surface area (Å²) in [6.07, 6.45) is 0.737. The van der Waals surface area contributed by atoms with E-state index in [0.717, 1.165) is 13.0 Å². The molecule has 0 spiro atoms. The summed E-state index contributed by atoms with van der Waals surface area (Å²) in [7, 11) is -3.66. The SMILES string of the molecule is O=c1[nH]c(=O)c2cc(S(=O)(=O)N3CCCNCC3)ccc2[nH]1. The Morgan fingerprint density at radius 1 is 1.05 bits per heavy atom. The smallest absolute Gasteiger partial charge is 0.315 e. The molecule has 0 unspecified atom stereocenters. The van der Waals surface area contributed by atoms with Crippen molar-refractivity contribution in [2.75, 3.05) is 26.2 Å². The van der Waals surface area contributed by atoms with Crippen LogP contribution in [0.1, 0.15) is 6.42 Å². The molecule has 1 aromatic heterocycles. The molecule has 22 heavy (non-hydrogen) atoms. The van der Waals surface area contributed by atoms with Crippen molar-refractivity contribution in [1.29, 1.82) is 0 Å². The van der Waals surface area contributed by atoms with Crippen molar-refractivity contribution < 1.29 is 8.42 Å². The van der Waals surface area contributed by atoms with Crippen LogP contribution in [-0.4, -0.2) is 48.9 Å². The van der Waals surface area contributed by atoms with Crippen molar-refractivity contribution in [1.82, 2.24) is 19.6 Å². The highest BCUT2D eigenvalue weighted by Crippen LogP contribution is 2.19. The third-order valence-electron chi connectivity index (χ3n) is 3.65. The van der Waals surface area contributed by atoms with Crippen LogP contribution in [0.25, 0.3) is 10.9 Å². The zero-order valence-electron chi connectivity index (χ0n) is 11.8. The van der Waals surface area contributed by atoms with Crippen LogP contribution in [0.5, 0.6) is 0 Å². The molecule has 1 fully saturated rings. The van der Waals surface area contributed by atoms with E-state index in [1.807, 2.05) is 0 Å². The second-order valence-electron chi connectivity index (χ2n) is 5.12. The fraction of sp³-hybridized carbons (Fsp3) is 0.385. The molecular formula is C13H16N4O4S. The predicted octanol–water partition coefficient (Wildman–Crippen LogP) is -0.800. The van der Waals surface area contributed by atoms with Crippen LogP contribution in [0, 0.1) is 0 Å². The van der Waals surface area contributed by atoms with Crippen molar-refractivity contribution in [2.24, 2.45) is 0 Å². The van der Waals surface area contributed by atoms with Crippen molar-refractivity contribution in [2.45, 2.75) is 11.3 Å². The maximum atomic E-state index is 12.7. The predicted molar refractivity (Wildman–Crippen MR) is 81.4 cm³/mol. The zero-order valence-corrected chi connectivity index (χ0v) is 12.6. The molecule has 8 nitrogen and oxygen atoms in total. The van der Waals surface area contributed by atoms with Crippen LogP contribution in [0.15, 0.2) is 32.7 Å². The lowest BCUT2D eigenvalue weighted by Gasteiger charge is -2.19. The van der Waals surface area contributed by atoms with Gasteiger partial charge in [-0.2, -0.15) is 4.31 Å². The Kier molecular flexibility index (Phi) is 3.85. The van der Waals surface area contributed by atoms with Crippen LogP contribution in [0.3, 0.4) is 0 Å². The number of hydrogen-bond donors (Lipinski definition) is 3. The summed E-state index contributed by atoms with van der Waals surface area (Å²) < 4.78 is 26.8. The summed E-state index contributed by atoms with van der Waals surface area (Å²) in [5, 5.41) is 3.29. The average Bonchev–Trinajstić information content (AvgIpc) is 2.76. The molecule has 0 saturated carbocycles. The van der Waals surface area contributed by atoms with Crippen LogP contribution in [0.4, 0.5) is 0 Å². The Morgan fingerprint density at radius 3 is 2.68 bits per heavy atom. The maximum Gasteiger partial charge on any atom is 0.326 e. The van der Waals surface area contributed by atoms with Crippen molar-refractivity contribution >= 4 is 20.9 Å². The van der Waals surface area contributed by atoms with Gasteiger partial charge in [-0.1, -0.05) is 0 Å². The third-order valence-corrected chi connectivity index (χ3v) is 5.54. The van der Waals surface area contributed by atoms with Gasteiger partial charge in [0, 0.05) is 19.6 Å². The molecule has 2 aromatic rings. The molecule has 9 heteroatoms. The first-order valence-electron chi connectivity index (χ1n) is 6.96. The van der Waals surface area contributed by atoms with Gasteiger partial charge < -0.3 is 10.3 Å². The second-order valence-corrected chi connectivity index (χ2v) is 7.06. The Balaban J connectivity index is 2.09. The number of sulfonamides is 1. The van der Waals surface area contributed by atoms with Crippen molar-refractivity contribution in [3.8, 4) is 0 Å². The van der Waals surface area contributed by atoms with Crippen LogP contribution in [-0.2, 0) is 10.0 Å². The molecule has 1 aliphatic rings. The summed E-state index contributed by atoms with van der Waals surface area (Å²) >= 11 is 0. The van der Waals surface area contributed by atoms with Gasteiger partial charge in [0.25, 0.3) is 5.56 Å². The number of hydrogen-bond acceptors (Lipinski definition) is 5. The number of fused-ring (bicyclic) bond motifs is 1. The Morgan fingerprint density at radius 2 is 1.86 bits per heavy atom. The molecule has 2 heterocycles.